The van der Waals surface area contributed by atoms with Crippen molar-refractivity contribution < 1.29 is 32.5 Å². The molecule has 2 N–H and O–H groups in total. The van der Waals surface area contributed by atoms with E-state index in [4.69, 9.17) is 14.6 Å². The molecule has 150 valence electrons. The standard InChI is InChI=1S/C18H16BrF3N2O4/c1-2-27-15-7-11(6-14(19)17(15)28-10-16(25)26)9-23-24-13-5-3-4-12(8-13)18(20,21)22/h3-9,24H,2,10H2,1H3,(H,25,26)/b23-9-. The Labute approximate surface area is 167 Å². The molecule has 0 aromatic heterocycles. The van der Waals surface area contributed by atoms with E-state index in [1.165, 1.54) is 18.3 Å². The van der Waals surface area contributed by atoms with Gasteiger partial charge in [0.25, 0.3) is 0 Å². The minimum Gasteiger partial charge on any atom is -0.490 e. The highest BCUT2D eigenvalue weighted by molar-refractivity contribution is 9.10. The highest BCUT2D eigenvalue weighted by atomic mass is 79.9. The zero-order chi connectivity index (χ0) is 20.7. The molecule has 0 unspecified atom stereocenters. The van der Waals surface area contributed by atoms with Crippen LogP contribution < -0.4 is 14.9 Å². The Kier molecular flexibility index (Phi) is 7.27. The average molecular weight is 461 g/mol. The van der Waals surface area contributed by atoms with Gasteiger partial charge in [-0.1, -0.05) is 6.07 Å². The van der Waals surface area contributed by atoms with Crippen LogP contribution in [-0.2, 0) is 11.0 Å². The molecule has 0 fully saturated rings. The third-order valence-corrected chi connectivity index (χ3v) is 3.86. The second-order valence-corrected chi connectivity index (χ2v) is 6.25. The van der Waals surface area contributed by atoms with Crippen molar-refractivity contribution >= 4 is 33.8 Å². The second-order valence-electron chi connectivity index (χ2n) is 5.39. The first-order valence-electron chi connectivity index (χ1n) is 7.98. The van der Waals surface area contributed by atoms with Gasteiger partial charge < -0.3 is 14.6 Å². The van der Waals surface area contributed by atoms with Crippen molar-refractivity contribution in [2.24, 2.45) is 5.10 Å². The molecule has 0 amide bonds. The summed E-state index contributed by atoms with van der Waals surface area (Å²) in [5, 5.41) is 12.7. The van der Waals surface area contributed by atoms with E-state index in [1.54, 1.807) is 19.1 Å². The van der Waals surface area contributed by atoms with Crippen molar-refractivity contribution in [1.82, 2.24) is 0 Å². The Balaban J connectivity index is 2.18. The number of rotatable bonds is 8. The van der Waals surface area contributed by atoms with E-state index in [1.807, 2.05) is 0 Å². The molecule has 0 radical (unpaired) electrons. The molecule has 0 aliphatic rings. The summed E-state index contributed by atoms with van der Waals surface area (Å²) >= 11 is 3.28. The normalized spacial score (nSPS) is 11.5. The molecule has 2 rings (SSSR count). The summed E-state index contributed by atoms with van der Waals surface area (Å²) < 4.78 is 49.3. The molecule has 0 bridgehead atoms. The van der Waals surface area contributed by atoms with Gasteiger partial charge in [-0.3, -0.25) is 5.43 Å². The number of halogens is 4. The van der Waals surface area contributed by atoms with Crippen LogP contribution in [0.1, 0.15) is 18.1 Å². The first-order valence-corrected chi connectivity index (χ1v) is 8.77. The monoisotopic (exact) mass is 460 g/mol. The maximum absolute atomic E-state index is 12.7. The van der Waals surface area contributed by atoms with Crippen molar-refractivity contribution in [2.45, 2.75) is 13.1 Å². The SMILES string of the molecule is CCOc1cc(/C=N\Nc2cccc(C(F)(F)F)c2)cc(Br)c1OCC(=O)O. The van der Waals surface area contributed by atoms with Crippen LogP contribution in [-0.4, -0.2) is 30.5 Å². The highest BCUT2D eigenvalue weighted by Gasteiger charge is 2.30. The van der Waals surface area contributed by atoms with Gasteiger partial charge in [0.15, 0.2) is 18.1 Å². The van der Waals surface area contributed by atoms with Crippen molar-refractivity contribution in [3.63, 3.8) is 0 Å². The van der Waals surface area contributed by atoms with Gasteiger partial charge in [0.2, 0.25) is 0 Å². The fourth-order valence-electron chi connectivity index (χ4n) is 2.15. The molecular weight excluding hydrogens is 445 g/mol. The van der Waals surface area contributed by atoms with E-state index in [0.29, 0.717) is 22.4 Å². The molecule has 2 aromatic rings. The number of hydrazone groups is 1. The number of carbonyl (C=O) groups is 1. The summed E-state index contributed by atoms with van der Waals surface area (Å²) in [5.74, 6) is -0.601. The number of carboxylic acids is 1. The fourth-order valence-corrected chi connectivity index (χ4v) is 2.72. The predicted molar refractivity (Wildman–Crippen MR) is 101 cm³/mol. The molecule has 0 saturated heterocycles. The lowest BCUT2D eigenvalue weighted by atomic mass is 10.2. The summed E-state index contributed by atoms with van der Waals surface area (Å²) in [4.78, 5) is 10.7. The first-order chi connectivity index (χ1) is 13.2. The third-order valence-electron chi connectivity index (χ3n) is 3.27. The predicted octanol–water partition coefficient (Wildman–Crippen LogP) is 4.78. The number of hydrogen-bond acceptors (Lipinski definition) is 5. The molecule has 0 saturated carbocycles. The van der Waals surface area contributed by atoms with E-state index in [9.17, 15) is 18.0 Å². The number of nitrogens with one attached hydrogen (secondary N) is 1. The van der Waals surface area contributed by atoms with Crippen molar-refractivity contribution in [2.75, 3.05) is 18.6 Å². The number of hydrogen-bond donors (Lipinski definition) is 2. The Morgan fingerprint density at radius 3 is 2.68 bits per heavy atom. The van der Waals surface area contributed by atoms with Gasteiger partial charge >= 0.3 is 12.1 Å². The van der Waals surface area contributed by atoms with Crippen LogP contribution in [0.15, 0.2) is 46.0 Å². The molecule has 0 heterocycles. The topological polar surface area (TPSA) is 80.1 Å². The number of nitrogens with zero attached hydrogens (tertiary/aromatic N) is 1. The molecule has 10 heteroatoms. The molecular formula is C18H16BrF3N2O4. The van der Waals surface area contributed by atoms with Gasteiger partial charge in [0.1, 0.15) is 0 Å². The summed E-state index contributed by atoms with van der Waals surface area (Å²) in [6.07, 6.45) is -3.06. The van der Waals surface area contributed by atoms with Crippen LogP contribution in [0.5, 0.6) is 11.5 Å². The largest absolute Gasteiger partial charge is 0.490 e. The minimum absolute atomic E-state index is 0.177. The van der Waals surface area contributed by atoms with Gasteiger partial charge in [-0.05, 0) is 58.7 Å². The number of ether oxygens (including phenoxy) is 2. The molecule has 28 heavy (non-hydrogen) atoms. The average Bonchev–Trinajstić information content (AvgIpc) is 2.60. The molecule has 0 atom stereocenters. The van der Waals surface area contributed by atoms with Gasteiger partial charge in [-0.25, -0.2) is 4.79 Å². The van der Waals surface area contributed by atoms with Crippen LogP contribution in [0.4, 0.5) is 18.9 Å². The van der Waals surface area contributed by atoms with Crippen molar-refractivity contribution in [3.05, 3.63) is 52.0 Å². The van der Waals surface area contributed by atoms with Crippen molar-refractivity contribution in [3.8, 4) is 11.5 Å². The van der Waals surface area contributed by atoms with Gasteiger partial charge in [0, 0.05) is 0 Å². The van der Waals surface area contributed by atoms with Crippen LogP contribution in [0.2, 0.25) is 0 Å². The Bertz CT molecular complexity index is 872. The number of aliphatic carboxylic acids is 1. The van der Waals surface area contributed by atoms with Crippen LogP contribution in [0, 0.1) is 0 Å². The quantitative estimate of drug-likeness (QED) is 0.437. The Morgan fingerprint density at radius 2 is 2.04 bits per heavy atom. The maximum Gasteiger partial charge on any atom is 0.416 e. The van der Waals surface area contributed by atoms with E-state index in [-0.39, 0.29) is 11.4 Å². The smallest absolute Gasteiger partial charge is 0.416 e. The molecule has 6 nitrogen and oxygen atoms in total. The first kappa shape index (κ1) is 21.5. The molecule has 0 aliphatic carbocycles. The molecule has 2 aromatic carbocycles. The lowest BCUT2D eigenvalue weighted by Crippen LogP contribution is -2.11. The number of alkyl halides is 3. The summed E-state index contributed by atoms with van der Waals surface area (Å²) in [7, 11) is 0. The molecule has 0 spiro atoms. The number of anilines is 1. The number of benzene rings is 2. The zero-order valence-corrected chi connectivity index (χ0v) is 16.2. The minimum atomic E-state index is -4.44. The van der Waals surface area contributed by atoms with E-state index >= 15 is 0 Å². The number of carboxylic acid groups (broad SMARTS) is 1. The highest BCUT2D eigenvalue weighted by Crippen LogP contribution is 2.36. The van der Waals surface area contributed by atoms with Crippen LogP contribution in [0.25, 0.3) is 0 Å². The van der Waals surface area contributed by atoms with Gasteiger partial charge in [-0.15, -0.1) is 0 Å². The summed E-state index contributed by atoms with van der Waals surface area (Å²) in [6.45, 7) is 1.53. The maximum atomic E-state index is 12.7. The van der Waals surface area contributed by atoms with Crippen LogP contribution in [0.3, 0.4) is 0 Å². The van der Waals surface area contributed by atoms with Crippen molar-refractivity contribution in [1.29, 1.82) is 0 Å². The second kappa shape index (κ2) is 9.45. The third kappa shape index (κ3) is 6.15. The van der Waals surface area contributed by atoms with Crippen LogP contribution >= 0.6 is 15.9 Å². The Morgan fingerprint density at radius 1 is 1.29 bits per heavy atom. The summed E-state index contributed by atoms with van der Waals surface area (Å²) in [5.41, 5.74) is 2.48. The van der Waals surface area contributed by atoms with Gasteiger partial charge in [0.05, 0.1) is 28.5 Å². The van der Waals surface area contributed by atoms with E-state index in [0.717, 1.165) is 12.1 Å². The van der Waals surface area contributed by atoms with Gasteiger partial charge in [-0.2, -0.15) is 18.3 Å². The molecule has 0 aliphatic heterocycles. The van der Waals surface area contributed by atoms with E-state index in [2.05, 4.69) is 26.5 Å². The zero-order valence-electron chi connectivity index (χ0n) is 14.6. The fraction of sp³-hybridized carbons (Fsp3) is 0.222. The Hall–Kier alpha value is -2.75. The lowest BCUT2D eigenvalue weighted by molar-refractivity contribution is -0.139. The summed E-state index contributed by atoms with van der Waals surface area (Å²) in [6, 6.07) is 7.83. The van der Waals surface area contributed by atoms with E-state index < -0.39 is 24.3 Å². The lowest BCUT2D eigenvalue weighted by Gasteiger charge is -2.13.